The Morgan fingerprint density at radius 3 is 2.73 bits per heavy atom. The minimum atomic E-state index is -3.74. The number of thiazole rings is 1. The number of hydrogen-bond acceptors (Lipinski definition) is 6. The van der Waals surface area contributed by atoms with E-state index in [4.69, 9.17) is 16.3 Å². The van der Waals surface area contributed by atoms with E-state index in [1.54, 1.807) is 23.1 Å². The van der Waals surface area contributed by atoms with Crippen LogP contribution >= 0.6 is 22.9 Å². The first-order valence-corrected chi connectivity index (χ1v) is 14.7. The predicted molar refractivity (Wildman–Crippen MR) is 146 cm³/mol. The number of nitrogens with zero attached hydrogens (tertiary/aromatic N) is 3. The minimum Gasteiger partial charge on any atom is -0.376 e. The summed E-state index contributed by atoms with van der Waals surface area (Å²) in [5.74, 6) is -0.254. The molecule has 1 fully saturated rings. The van der Waals surface area contributed by atoms with Crippen LogP contribution in [0.3, 0.4) is 0 Å². The SMILES string of the molecule is O=C(c1ccc(S(=O)(=O)N2CCc3ccccc32)cc1)N(CC1CCCO1)c1nc2ccc(Cl)cc2s1. The molecular weight excluding hydrogens is 530 g/mol. The van der Waals surface area contributed by atoms with Crippen molar-refractivity contribution >= 4 is 59.9 Å². The number of hydrogen-bond donors (Lipinski definition) is 0. The fourth-order valence-electron chi connectivity index (χ4n) is 4.85. The van der Waals surface area contributed by atoms with Crippen LogP contribution in [0, 0.1) is 0 Å². The second-order valence-corrected chi connectivity index (χ2v) is 12.4. The molecule has 1 unspecified atom stereocenters. The summed E-state index contributed by atoms with van der Waals surface area (Å²) in [6, 6.07) is 19.1. The molecule has 0 bridgehead atoms. The predicted octanol–water partition coefficient (Wildman–Crippen LogP) is 5.53. The zero-order chi connectivity index (χ0) is 25.6. The van der Waals surface area contributed by atoms with Crippen molar-refractivity contribution in [1.29, 1.82) is 0 Å². The van der Waals surface area contributed by atoms with Crippen molar-refractivity contribution in [2.75, 3.05) is 28.9 Å². The van der Waals surface area contributed by atoms with Crippen LogP contribution in [0.25, 0.3) is 10.2 Å². The lowest BCUT2D eigenvalue weighted by atomic mass is 10.2. The third-order valence-electron chi connectivity index (χ3n) is 6.76. The summed E-state index contributed by atoms with van der Waals surface area (Å²) in [6.45, 7) is 1.45. The Balaban J connectivity index is 1.30. The van der Waals surface area contributed by atoms with E-state index in [2.05, 4.69) is 4.98 Å². The normalized spacial score (nSPS) is 17.3. The fraction of sp³-hybridized carbons (Fsp3) is 0.259. The Morgan fingerprint density at radius 2 is 1.95 bits per heavy atom. The second-order valence-electron chi connectivity index (χ2n) is 9.14. The molecule has 0 N–H and O–H groups in total. The maximum absolute atomic E-state index is 13.7. The quantitative estimate of drug-likeness (QED) is 0.314. The maximum atomic E-state index is 13.7. The van der Waals surface area contributed by atoms with Gasteiger partial charge in [-0.25, -0.2) is 13.4 Å². The number of amides is 1. The number of para-hydroxylation sites is 1. The highest BCUT2D eigenvalue weighted by atomic mass is 35.5. The zero-order valence-corrected chi connectivity index (χ0v) is 22.2. The van der Waals surface area contributed by atoms with Gasteiger partial charge in [0.2, 0.25) is 0 Å². The molecule has 3 aromatic carbocycles. The van der Waals surface area contributed by atoms with Crippen LogP contribution in [0.5, 0.6) is 0 Å². The molecule has 1 atom stereocenters. The van der Waals surface area contributed by atoms with Crippen LogP contribution in [0.2, 0.25) is 5.02 Å². The number of benzene rings is 3. The van der Waals surface area contributed by atoms with Gasteiger partial charge in [-0.3, -0.25) is 14.0 Å². The van der Waals surface area contributed by atoms with Crippen LogP contribution in [0.1, 0.15) is 28.8 Å². The summed E-state index contributed by atoms with van der Waals surface area (Å²) in [5.41, 5.74) is 2.87. The number of ether oxygens (including phenoxy) is 1. The molecule has 0 saturated carbocycles. The van der Waals surface area contributed by atoms with Crippen LogP contribution in [-0.4, -0.2) is 45.1 Å². The Bertz CT molecular complexity index is 1580. The number of rotatable bonds is 6. The molecule has 7 nitrogen and oxygen atoms in total. The van der Waals surface area contributed by atoms with Crippen LogP contribution in [-0.2, 0) is 21.2 Å². The molecule has 2 aliphatic rings. The molecule has 3 heterocycles. The molecule has 0 radical (unpaired) electrons. The van der Waals surface area contributed by atoms with E-state index in [1.807, 2.05) is 36.4 Å². The lowest BCUT2D eigenvalue weighted by molar-refractivity contribution is 0.0917. The van der Waals surface area contributed by atoms with E-state index in [0.717, 1.165) is 28.6 Å². The average molecular weight is 554 g/mol. The highest BCUT2D eigenvalue weighted by Crippen LogP contribution is 2.34. The monoisotopic (exact) mass is 553 g/mol. The van der Waals surface area contributed by atoms with Crippen LogP contribution < -0.4 is 9.21 Å². The fourth-order valence-corrected chi connectivity index (χ4v) is 7.60. The van der Waals surface area contributed by atoms with Gasteiger partial charge in [-0.1, -0.05) is 41.1 Å². The van der Waals surface area contributed by atoms with Gasteiger partial charge in [-0.05, 0) is 73.4 Å². The molecule has 6 rings (SSSR count). The number of aromatic nitrogens is 1. The number of fused-ring (bicyclic) bond motifs is 2. The van der Waals surface area contributed by atoms with Gasteiger partial charge in [-0.2, -0.15) is 0 Å². The van der Waals surface area contributed by atoms with Crippen LogP contribution in [0.15, 0.2) is 71.6 Å². The number of halogens is 1. The van der Waals surface area contributed by atoms with Gasteiger partial charge in [0.25, 0.3) is 15.9 Å². The molecule has 0 aliphatic carbocycles. The van der Waals surface area contributed by atoms with Crippen molar-refractivity contribution in [1.82, 2.24) is 4.98 Å². The zero-order valence-electron chi connectivity index (χ0n) is 19.8. The van der Waals surface area contributed by atoms with E-state index in [1.165, 1.54) is 27.8 Å². The third-order valence-corrected chi connectivity index (χ3v) is 9.86. The third kappa shape index (κ3) is 4.61. The molecule has 2 aliphatic heterocycles. The van der Waals surface area contributed by atoms with Gasteiger partial charge >= 0.3 is 0 Å². The van der Waals surface area contributed by atoms with Gasteiger partial charge in [0.05, 0.1) is 33.4 Å². The Morgan fingerprint density at radius 1 is 1.14 bits per heavy atom. The van der Waals surface area contributed by atoms with Crippen molar-refractivity contribution in [2.24, 2.45) is 0 Å². The van der Waals surface area contributed by atoms with E-state index in [0.29, 0.717) is 47.5 Å². The second kappa shape index (κ2) is 9.72. The van der Waals surface area contributed by atoms with Crippen LogP contribution in [0.4, 0.5) is 10.8 Å². The van der Waals surface area contributed by atoms with Crippen molar-refractivity contribution in [3.63, 3.8) is 0 Å². The number of carbonyl (C=O) groups is 1. The van der Waals surface area contributed by atoms with Gasteiger partial charge in [-0.15, -0.1) is 0 Å². The summed E-state index contributed by atoms with van der Waals surface area (Å²) in [5, 5.41) is 1.17. The first-order valence-electron chi connectivity index (χ1n) is 12.1. The largest absolute Gasteiger partial charge is 0.376 e. The molecule has 1 saturated heterocycles. The maximum Gasteiger partial charge on any atom is 0.264 e. The van der Waals surface area contributed by atoms with E-state index >= 15 is 0 Å². The lowest BCUT2D eigenvalue weighted by Gasteiger charge is -2.23. The summed E-state index contributed by atoms with van der Waals surface area (Å²) in [7, 11) is -3.74. The van der Waals surface area contributed by atoms with Crippen molar-refractivity contribution < 1.29 is 17.9 Å². The number of carbonyl (C=O) groups excluding carboxylic acids is 1. The average Bonchev–Trinajstić information content (AvgIpc) is 3.66. The lowest BCUT2D eigenvalue weighted by Crippen LogP contribution is -2.37. The van der Waals surface area contributed by atoms with Crippen molar-refractivity contribution in [3.8, 4) is 0 Å². The Kier molecular flexibility index (Phi) is 6.40. The van der Waals surface area contributed by atoms with Gasteiger partial charge in [0.15, 0.2) is 5.13 Å². The topological polar surface area (TPSA) is 79.8 Å². The minimum absolute atomic E-state index is 0.0746. The molecule has 4 aromatic rings. The molecule has 37 heavy (non-hydrogen) atoms. The summed E-state index contributed by atoms with van der Waals surface area (Å²) in [4.78, 5) is 20.2. The van der Waals surface area contributed by atoms with Gasteiger partial charge in [0.1, 0.15) is 0 Å². The molecule has 1 amide bonds. The molecule has 10 heteroatoms. The summed E-state index contributed by atoms with van der Waals surface area (Å²) in [6.07, 6.45) is 2.43. The highest BCUT2D eigenvalue weighted by molar-refractivity contribution is 7.92. The van der Waals surface area contributed by atoms with E-state index in [-0.39, 0.29) is 16.9 Å². The Labute approximate surface area is 224 Å². The molecule has 190 valence electrons. The van der Waals surface area contributed by atoms with Gasteiger partial charge in [0, 0.05) is 23.7 Å². The van der Waals surface area contributed by atoms with Gasteiger partial charge < -0.3 is 4.74 Å². The molecule has 0 spiro atoms. The van der Waals surface area contributed by atoms with Crippen molar-refractivity contribution in [2.45, 2.75) is 30.3 Å². The number of sulfonamides is 1. The Hall–Kier alpha value is -2.98. The summed E-state index contributed by atoms with van der Waals surface area (Å²) >= 11 is 7.55. The van der Waals surface area contributed by atoms with E-state index in [9.17, 15) is 13.2 Å². The standard InChI is InChI=1S/C27H24ClN3O4S2/c28-20-9-12-23-25(16-20)36-27(29-23)30(17-21-5-3-15-35-21)26(32)19-7-10-22(11-8-19)37(33,34)31-14-13-18-4-1-2-6-24(18)31/h1-2,4,6-12,16,21H,3,5,13-15,17H2. The van der Waals surface area contributed by atoms with Crippen molar-refractivity contribution in [3.05, 3.63) is 82.9 Å². The molecule has 1 aromatic heterocycles. The summed E-state index contributed by atoms with van der Waals surface area (Å²) < 4.78 is 34.9. The first kappa shape index (κ1) is 24.4. The smallest absolute Gasteiger partial charge is 0.264 e. The first-order chi connectivity index (χ1) is 17.9. The van der Waals surface area contributed by atoms with E-state index < -0.39 is 10.0 Å². The highest BCUT2D eigenvalue weighted by Gasteiger charge is 2.31. The molecular formula is C27H24ClN3O4S2. The number of anilines is 2.